The van der Waals surface area contributed by atoms with E-state index in [0.717, 1.165) is 5.56 Å². The number of benzene rings is 1. The maximum atomic E-state index is 10.8. The summed E-state index contributed by atoms with van der Waals surface area (Å²) in [6.45, 7) is 0.621. The van der Waals surface area contributed by atoms with Gasteiger partial charge in [-0.1, -0.05) is 12.8 Å². The van der Waals surface area contributed by atoms with E-state index >= 15 is 0 Å². The molecule has 18 heavy (non-hydrogen) atoms. The molecule has 0 amide bonds. The molecule has 98 valence electrons. The van der Waals surface area contributed by atoms with Gasteiger partial charge in [-0.05, 0) is 18.9 Å². The van der Waals surface area contributed by atoms with Crippen LogP contribution in [0.1, 0.15) is 31.2 Å². The molecule has 1 N–H and O–H groups in total. The summed E-state index contributed by atoms with van der Waals surface area (Å²) in [5.41, 5.74) is 0.956. The van der Waals surface area contributed by atoms with Gasteiger partial charge in [0.1, 0.15) is 5.75 Å². The third-order valence-corrected chi connectivity index (χ3v) is 3.41. The lowest BCUT2D eigenvalue weighted by Gasteiger charge is -2.13. The van der Waals surface area contributed by atoms with Crippen LogP contribution in [0.3, 0.4) is 0 Å². The molecule has 1 fully saturated rings. The summed E-state index contributed by atoms with van der Waals surface area (Å²) in [4.78, 5) is 10.4. The molecule has 1 aliphatic rings. The molecule has 1 aromatic rings. The Morgan fingerprint density at radius 2 is 2.17 bits per heavy atom. The fourth-order valence-corrected chi connectivity index (χ4v) is 2.40. The lowest BCUT2D eigenvalue weighted by atomic mass is 10.1. The van der Waals surface area contributed by atoms with Gasteiger partial charge in [-0.3, -0.25) is 10.1 Å². The van der Waals surface area contributed by atoms with Gasteiger partial charge < -0.3 is 10.1 Å². The predicted octanol–water partition coefficient (Wildman–Crippen LogP) is 2.64. The molecular weight excluding hydrogens is 232 g/mol. The van der Waals surface area contributed by atoms with Gasteiger partial charge in [-0.25, -0.2) is 0 Å². The van der Waals surface area contributed by atoms with E-state index in [9.17, 15) is 10.1 Å². The highest BCUT2D eigenvalue weighted by molar-refractivity contribution is 5.43. The minimum Gasteiger partial charge on any atom is -0.496 e. The van der Waals surface area contributed by atoms with Gasteiger partial charge in [0.2, 0.25) is 0 Å². The number of hydrogen-bond donors (Lipinski definition) is 1. The molecule has 0 unspecified atom stereocenters. The average Bonchev–Trinajstić information content (AvgIpc) is 2.89. The second-order valence-corrected chi connectivity index (χ2v) is 4.62. The Balaban J connectivity index is 2.08. The highest BCUT2D eigenvalue weighted by Gasteiger charge is 2.16. The first-order valence-corrected chi connectivity index (χ1v) is 6.25. The van der Waals surface area contributed by atoms with Gasteiger partial charge in [-0.2, -0.15) is 0 Å². The second kappa shape index (κ2) is 5.82. The van der Waals surface area contributed by atoms with E-state index in [1.54, 1.807) is 19.2 Å². The summed E-state index contributed by atoms with van der Waals surface area (Å²) in [5, 5.41) is 14.2. The third-order valence-electron chi connectivity index (χ3n) is 3.41. The van der Waals surface area contributed by atoms with Gasteiger partial charge >= 0.3 is 0 Å². The van der Waals surface area contributed by atoms with Crippen LogP contribution < -0.4 is 10.1 Å². The van der Waals surface area contributed by atoms with Crippen LogP contribution in [0, 0.1) is 10.1 Å². The van der Waals surface area contributed by atoms with Gasteiger partial charge in [0.25, 0.3) is 5.69 Å². The third kappa shape index (κ3) is 2.98. The molecule has 0 atom stereocenters. The SMILES string of the molecule is COc1ccc([N+](=O)[O-])cc1CNC1CCCC1. The van der Waals surface area contributed by atoms with Crippen LogP contribution in [0.25, 0.3) is 0 Å². The number of nitrogens with one attached hydrogen (secondary N) is 1. The monoisotopic (exact) mass is 250 g/mol. The fraction of sp³-hybridized carbons (Fsp3) is 0.538. The number of non-ortho nitro benzene ring substituents is 1. The van der Waals surface area contributed by atoms with E-state index in [0.29, 0.717) is 18.3 Å². The van der Waals surface area contributed by atoms with Gasteiger partial charge in [0.05, 0.1) is 12.0 Å². The summed E-state index contributed by atoms with van der Waals surface area (Å²) >= 11 is 0. The predicted molar refractivity (Wildman–Crippen MR) is 68.7 cm³/mol. The molecule has 2 rings (SSSR count). The number of methoxy groups -OCH3 is 1. The van der Waals surface area contributed by atoms with E-state index in [4.69, 9.17) is 4.74 Å². The van der Waals surface area contributed by atoms with Gasteiger partial charge in [0, 0.05) is 30.3 Å². The Labute approximate surface area is 106 Å². The highest BCUT2D eigenvalue weighted by atomic mass is 16.6. The van der Waals surface area contributed by atoms with E-state index in [1.807, 2.05) is 0 Å². The highest BCUT2D eigenvalue weighted by Crippen LogP contribution is 2.25. The number of nitro groups is 1. The Morgan fingerprint density at radius 1 is 1.44 bits per heavy atom. The molecule has 0 aliphatic heterocycles. The van der Waals surface area contributed by atoms with Crippen molar-refractivity contribution in [2.45, 2.75) is 38.3 Å². The normalized spacial score (nSPS) is 15.8. The quantitative estimate of drug-likeness (QED) is 0.644. The zero-order valence-electron chi connectivity index (χ0n) is 10.5. The van der Waals surface area contributed by atoms with Crippen molar-refractivity contribution in [3.05, 3.63) is 33.9 Å². The van der Waals surface area contributed by atoms with Crippen LogP contribution in [0.5, 0.6) is 5.75 Å². The van der Waals surface area contributed by atoms with Crippen molar-refractivity contribution < 1.29 is 9.66 Å². The zero-order chi connectivity index (χ0) is 13.0. The molecule has 0 heterocycles. The van der Waals surface area contributed by atoms with Crippen molar-refractivity contribution in [3.63, 3.8) is 0 Å². The molecule has 1 aromatic carbocycles. The molecule has 1 aliphatic carbocycles. The first kappa shape index (κ1) is 12.8. The number of ether oxygens (including phenoxy) is 1. The molecule has 0 saturated heterocycles. The molecule has 0 radical (unpaired) electrons. The summed E-state index contributed by atoms with van der Waals surface area (Å²) in [6, 6.07) is 5.25. The van der Waals surface area contributed by atoms with Crippen molar-refractivity contribution >= 4 is 5.69 Å². The summed E-state index contributed by atoms with van der Waals surface area (Å²) in [7, 11) is 1.58. The van der Waals surface area contributed by atoms with Crippen LogP contribution >= 0.6 is 0 Å². The fourth-order valence-electron chi connectivity index (χ4n) is 2.40. The van der Waals surface area contributed by atoms with E-state index in [-0.39, 0.29) is 10.6 Å². The van der Waals surface area contributed by atoms with Crippen LogP contribution in [0.2, 0.25) is 0 Å². The first-order valence-electron chi connectivity index (χ1n) is 6.25. The topological polar surface area (TPSA) is 64.4 Å². The maximum Gasteiger partial charge on any atom is 0.270 e. The summed E-state index contributed by atoms with van der Waals surface area (Å²) < 4.78 is 5.23. The molecule has 5 heteroatoms. The maximum absolute atomic E-state index is 10.8. The summed E-state index contributed by atoms with van der Waals surface area (Å²) in [5.74, 6) is 0.700. The van der Waals surface area contributed by atoms with Crippen LogP contribution in [-0.2, 0) is 6.54 Å². The second-order valence-electron chi connectivity index (χ2n) is 4.62. The molecule has 0 spiro atoms. The minimum absolute atomic E-state index is 0.110. The Bertz CT molecular complexity index is 428. The lowest BCUT2D eigenvalue weighted by Crippen LogP contribution is -2.25. The van der Waals surface area contributed by atoms with Crippen molar-refractivity contribution in [3.8, 4) is 5.75 Å². The number of nitrogens with zero attached hydrogens (tertiary/aromatic N) is 1. The Kier molecular flexibility index (Phi) is 4.15. The number of hydrogen-bond acceptors (Lipinski definition) is 4. The van der Waals surface area contributed by atoms with E-state index in [2.05, 4.69) is 5.32 Å². The van der Waals surface area contributed by atoms with Crippen LogP contribution in [0.4, 0.5) is 5.69 Å². The van der Waals surface area contributed by atoms with Crippen LogP contribution in [-0.4, -0.2) is 18.1 Å². The minimum atomic E-state index is -0.376. The van der Waals surface area contributed by atoms with Crippen molar-refractivity contribution in [1.29, 1.82) is 0 Å². The summed E-state index contributed by atoms with van der Waals surface area (Å²) in [6.07, 6.45) is 4.92. The van der Waals surface area contributed by atoms with Gasteiger partial charge in [-0.15, -0.1) is 0 Å². The van der Waals surface area contributed by atoms with Crippen molar-refractivity contribution in [1.82, 2.24) is 5.32 Å². The average molecular weight is 250 g/mol. The van der Waals surface area contributed by atoms with Crippen molar-refractivity contribution in [2.75, 3.05) is 7.11 Å². The van der Waals surface area contributed by atoms with Crippen molar-refractivity contribution in [2.24, 2.45) is 0 Å². The molecule has 1 saturated carbocycles. The first-order chi connectivity index (χ1) is 8.70. The van der Waals surface area contributed by atoms with E-state index < -0.39 is 0 Å². The van der Waals surface area contributed by atoms with E-state index in [1.165, 1.54) is 31.7 Å². The number of nitro benzene ring substituents is 1. The lowest BCUT2D eigenvalue weighted by molar-refractivity contribution is -0.384. The molecular formula is C13H18N2O3. The van der Waals surface area contributed by atoms with Crippen LogP contribution in [0.15, 0.2) is 18.2 Å². The molecule has 5 nitrogen and oxygen atoms in total. The molecule has 0 aromatic heterocycles. The molecule has 0 bridgehead atoms. The smallest absolute Gasteiger partial charge is 0.270 e. The standard InChI is InChI=1S/C13H18N2O3/c1-18-13-7-6-12(15(16)17)8-10(13)9-14-11-4-2-3-5-11/h6-8,11,14H,2-5,9H2,1H3. The Hall–Kier alpha value is -1.62. The Morgan fingerprint density at radius 3 is 2.78 bits per heavy atom. The zero-order valence-corrected chi connectivity index (χ0v) is 10.5. The van der Waals surface area contributed by atoms with Gasteiger partial charge in [0.15, 0.2) is 0 Å². The largest absolute Gasteiger partial charge is 0.496 e. The number of rotatable bonds is 5.